The van der Waals surface area contributed by atoms with Crippen LogP contribution in [0.1, 0.15) is 20.8 Å². The molecule has 2 rings (SSSR count). The third kappa shape index (κ3) is 3.61. The summed E-state index contributed by atoms with van der Waals surface area (Å²) in [7, 11) is -1.71. The first-order chi connectivity index (χ1) is 9.48. The van der Waals surface area contributed by atoms with Gasteiger partial charge in [0.25, 0.3) is 9.04 Å². The molecule has 0 aliphatic heterocycles. The topological polar surface area (TPSA) is 9.23 Å². The summed E-state index contributed by atoms with van der Waals surface area (Å²) < 4.78 is 6.33. The molecule has 0 bridgehead atoms. The van der Waals surface area contributed by atoms with E-state index in [2.05, 4.69) is 75.9 Å². The SMILES string of the molecule is C=C(O[SiH](c1ccccc1)c1ccccc1)C(C)(C)C. The molecule has 2 heteroatoms. The van der Waals surface area contributed by atoms with Crippen LogP contribution in [0.25, 0.3) is 0 Å². The van der Waals surface area contributed by atoms with E-state index in [9.17, 15) is 0 Å². The number of hydrogen-bond donors (Lipinski definition) is 0. The molecule has 0 spiro atoms. The first kappa shape index (κ1) is 14.6. The van der Waals surface area contributed by atoms with Crippen molar-refractivity contribution in [1.82, 2.24) is 0 Å². The Kier molecular flexibility index (Phi) is 4.45. The lowest BCUT2D eigenvalue weighted by Crippen LogP contribution is -2.45. The van der Waals surface area contributed by atoms with E-state index in [1.165, 1.54) is 10.4 Å². The van der Waals surface area contributed by atoms with Crippen LogP contribution < -0.4 is 10.4 Å². The van der Waals surface area contributed by atoms with Crippen molar-refractivity contribution >= 4 is 19.4 Å². The van der Waals surface area contributed by atoms with E-state index in [4.69, 9.17) is 4.43 Å². The van der Waals surface area contributed by atoms with Crippen molar-refractivity contribution in [2.75, 3.05) is 0 Å². The monoisotopic (exact) mass is 282 g/mol. The van der Waals surface area contributed by atoms with Crippen LogP contribution in [0.15, 0.2) is 73.0 Å². The lowest BCUT2D eigenvalue weighted by molar-refractivity contribution is 0.305. The standard InChI is InChI=1S/C18H22OSi/c1-15(18(2,3)4)19-20(16-11-7-5-8-12-16)17-13-9-6-10-14-17/h5-14,20H,1H2,2-4H3. The molecule has 0 fully saturated rings. The molecule has 2 aromatic rings. The molecule has 0 unspecified atom stereocenters. The fourth-order valence-electron chi connectivity index (χ4n) is 1.90. The van der Waals surface area contributed by atoms with Gasteiger partial charge in [-0.3, -0.25) is 0 Å². The highest BCUT2D eigenvalue weighted by molar-refractivity contribution is 6.80. The van der Waals surface area contributed by atoms with Crippen LogP contribution in [0.4, 0.5) is 0 Å². The Hall–Kier alpha value is -1.80. The van der Waals surface area contributed by atoms with Crippen molar-refractivity contribution < 1.29 is 4.43 Å². The van der Waals surface area contributed by atoms with Crippen molar-refractivity contribution in [2.24, 2.45) is 5.41 Å². The van der Waals surface area contributed by atoms with Crippen LogP contribution in [0.5, 0.6) is 0 Å². The van der Waals surface area contributed by atoms with Crippen molar-refractivity contribution in [2.45, 2.75) is 20.8 Å². The molecule has 0 amide bonds. The molecule has 2 aromatic carbocycles. The van der Waals surface area contributed by atoms with Gasteiger partial charge >= 0.3 is 0 Å². The predicted molar refractivity (Wildman–Crippen MR) is 89.0 cm³/mol. The fourth-order valence-corrected chi connectivity index (χ4v) is 4.34. The molecule has 0 aliphatic rings. The lowest BCUT2D eigenvalue weighted by Gasteiger charge is -2.27. The summed E-state index contributed by atoms with van der Waals surface area (Å²) in [6.45, 7) is 10.5. The summed E-state index contributed by atoms with van der Waals surface area (Å²) >= 11 is 0. The van der Waals surface area contributed by atoms with Crippen molar-refractivity contribution in [3.05, 3.63) is 73.0 Å². The van der Waals surface area contributed by atoms with E-state index in [1.54, 1.807) is 0 Å². The Labute approximate surface area is 123 Å². The zero-order valence-corrected chi connectivity index (χ0v) is 13.6. The summed E-state index contributed by atoms with van der Waals surface area (Å²) in [4.78, 5) is 0. The Bertz CT molecular complexity index is 515. The third-order valence-corrected chi connectivity index (χ3v) is 5.80. The van der Waals surface area contributed by atoms with Crippen LogP contribution in [0.2, 0.25) is 0 Å². The molecule has 20 heavy (non-hydrogen) atoms. The summed E-state index contributed by atoms with van der Waals surface area (Å²) in [6.07, 6.45) is 0. The second-order valence-corrected chi connectivity index (χ2v) is 8.32. The van der Waals surface area contributed by atoms with Gasteiger partial charge in [-0.1, -0.05) is 88.0 Å². The quantitative estimate of drug-likeness (QED) is 0.618. The maximum atomic E-state index is 6.33. The highest BCUT2D eigenvalue weighted by Crippen LogP contribution is 2.24. The number of hydrogen-bond acceptors (Lipinski definition) is 1. The maximum absolute atomic E-state index is 6.33. The third-order valence-electron chi connectivity index (χ3n) is 3.30. The van der Waals surface area contributed by atoms with Gasteiger partial charge in [0.2, 0.25) is 0 Å². The predicted octanol–water partition coefficient (Wildman–Crippen LogP) is 3.10. The van der Waals surface area contributed by atoms with Gasteiger partial charge in [0.1, 0.15) is 0 Å². The lowest BCUT2D eigenvalue weighted by atomic mass is 9.95. The van der Waals surface area contributed by atoms with Crippen LogP contribution >= 0.6 is 0 Å². The van der Waals surface area contributed by atoms with Crippen LogP contribution in [-0.4, -0.2) is 9.04 Å². The zero-order chi connectivity index (χ0) is 14.6. The molecule has 1 nitrogen and oxygen atoms in total. The maximum Gasteiger partial charge on any atom is 0.298 e. The molecule has 0 radical (unpaired) electrons. The minimum Gasteiger partial charge on any atom is -0.541 e. The minimum absolute atomic E-state index is 0.0329. The van der Waals surface area contributed by atoms with E-state index < -0.39 is 9.04 Å². The molecule has 0 heterocycles. The van der Waals surface area contributed by atoms with Gasteiger partial charge in [-0.2, -0.15) is 0 Å². The van der Waals surface area contributed by atoms with E-state index in [0.717, 1.165) is 5.76 Å². The largest absolute Gasteiger partial charge is 0.541 e. The Morgan fingerprint density at radius 1 is 0.850 bits per heavy atom. The van der Waals surface area contributed by atoms with Crippen LogP contribution in [-0.2, 0) is 4.43 Å². The molecular formula is C18H22OSi. The van der Waals surface area contributed by atoms with Gasteiger partial charge < -0.3 is 4.43 Å². The second-order valence-electron chi connectivity index (χ2n) is 5.99. The average Bonchev–Trinajstić information content (AvgIpc) is 2.45. The Morgan fingerprint density at radius 2 is 1.25 bits per heavy atom. The number of benzene rings is 2. The highest BCUT2D eigenvalue weighted by Gasteiger charge is 2.24. The normalized spacial score (nSPS) is 11.4. The minimum atomic E-state index is -1.71. The summed E-state index contributed by atoms with van der Waals surface area (Å²) in [6, 6.07) is 21.0. The van der Waals surface area contributed by atoms with Gasteiger partial charge in [-0.15, -0.1) is 0 Å². The molecule has 0 atom stereocenters. The van der Waals surface area contributed by atoms with Gasteiger partial charge in [0.05, 0.1) is 5.76 Å². The van der Waals surface area contributed by atoms with Crippen LogP contribution in [0, 0.1) is 5.41 Å². The van der Waals surface area contributed by atoms with Crippen molar-refractivity contribution in [3.63, 3.8) is 0 Å². The zero-order valence-electron chi connectivity index (χ0n) is 12.5. The number of rotatable bonds is 4. The Morgan fingerprint density at radius 3 is 1.60 bits per heavy atom. The average molecular weight is 282 g/mol. The second kappa shape index (κ2) is 6.10. The molecule has 0 saturated carbocycles. The van der Waals surface area contributed by atoms with Crippen LogP contribution in [0.3, 0.4) is 0 Å². The van der Waals surface area contributed by atoms with Crippen molar-refractivity contribution in [1.29, 1.82) is 0 Å². The van der Waals surface area contributed by atoms with E-state index in [0.29, 0.717) is 0 Å². The van der Waals surface area contributed by atoms with E-state index in [1.807, 2.05) is 12.1 Å². The smallest absolute Gasteiger partial charge is 0.298 e. The first-order valence-electron chi connectivity index (χ1n) is 6.94. The molecular weight excluding hydrogens is 260 g/mol. The van der Waals surface area contributed by atoms with Gasteiger partial charge in [0, 0.05) is 5.41 Å². The highest BCUT2D eigenvalue weighted by atomic mass is 28.3. The first-order valence-corrected chi connectivity index (χ1v) is 8.57. The fraction of sp³-hybridized carbons (Fsp3) is 0.222. The molecule has 0 N–H and O–H groups in total. The van der Waals surface area contributed by atoms with Gasteiger partial charge in [0.15, 0.2) is 0 Å². The van der Waals surface area contributed by atoms with Gasteiger partial charge in [-0.25, -0.2) is 0 Å². The molecule has 104 valence electrons. The molecule has 0 saturated heterocycles. The van der Waals surface area contributed by atoms with Crippen molar-refractivity contribution in [3.8, 4) is 0 Å². The Balaban J connectivity index is 2.34. The van der Waals surface area contributed by atoms with Gasteiger partial charge in [-0.05, 0) is 10.4 Å². The van der Waals surface area contributed by atoms with E-state index >= 15 is 0 Å². The number of allylic oxidation sites excluding steroid dienone is 1. The summed E-state index contributed by atoms with van der Waals surface area (Å²) in [5.41, 5.74) is -0.0329. The molecule has 0 aromatic heterocycles. The van der Waals surface area contributed by atoms with E-state index in [-0.39, 0.29) is 5.41 Å². The molecule has 0 aliphatic carbocycles. The summed E-state index contributed by atoms with van der Waals surface area (Å²) in [5.74, 6) is 0.863. The summed E-state index contributed by atoms with van der Waals surface area (Å²) in [5, 5.41) is 2.56.